The minimum absolute atomic E-state index is 0.135. The molecule has 2 aromatic rings. The monoisotopic (exact) mass is 290 g/mol. The molecule has 0 radical (unpaired) electrons. The van der Waals surface area contributed by atoms with E-state index < -0.39 is 9.84 Å². The van der Waals surface area contributed by atoms with E-state index in [1.54, 1.807) is 6.07 Å². The molecule has 0 aliphatic carbocycles. The average molecular weight is 291 g/mol. The van der Waals surface area contributed by atoms with Crippen LogP contribution in [0.1, 0.15) is 19.8 Å². The highest BCUT2D eigenvalue weighted by Crippen LogP contribution is 2.27. The second kappa shape index (κ2) is 4.88. The fraction of sp³-hybridized carbons (Fsp3) is 0.400. The summed E-state index contributed by atoms with van der Waals surface area (Å²) in [5.74, 6) is 0.136. The largest absolute Gasteiger partial charge is 0.234 e. The molecular weight excluding hydrogens is 280 g/mol. The lowest BCUT2D eigenvalue weighted by Crippen LogP contribution is -2.05. The molecule has 7 heteroatoms. The van der Waals surface area contributed by atoms with Crippen LogP contribution in [-0.4, -0.2) is 24.1 Å². The highest BCUT2D eigenvalue weighted by atomic mass is 35.5. The Balaban J connectivity index is 2.43. The Labute approximate surface area is 109 Å². The number of sulfone groups is 1. The summed E-state index contributed by atoms with van der Waals surface area (Å²) in [4.78, 5) is 8.04. The molecule has 0 bridgehead atoms. The molecular formula is C10H11ClN2O2S2. The van der Waals surface area contributed by atoms with Crippen LogP contribution in [0.2, 0.25) is 5.02 Å². The summed E-state index contributed by atoms with van der Waals surface area (Å²) in [5, 5.41) is 0.485. The molecule has 2 rings (SSSR count). The van der Waals surface area contributed by atoms with Crippen LogP contribution >= 0.6 is 22.9 Å². The zero-order valence-electron chi connectivity index (χ0n) is 9.18. The number of hydrogen-bond donors (Lipinski definition) is 0. The fourth-order valence-electron chi connectivity index (χ4n) is 1.33. The normalized spacial score (nSPS) is 12.1. The fourth-order valence-corrected chi connectivity index (χ4v) is 4.35. The third-order valence-electron chi connectivity index (χ3n) is 2.23. The molecule has 0 N–H and O–H groups in total. The number of rotatable bonds is 4. The lowest BCUT2D eigenvalue weighted by atomic mass is 10.4. The van der Waals surface area contributed by atoms with E-state index in [0.29, 0.717) is 21.8 Å². The summed E-state index contributed by atoms with van der Waals surface area (Å²) >= 11 is 6.92. The Bertz CT molecular complexity index is 637. The highest BCUT2D eigenvalue weighted by molar-refractivity contribution is 7.93. The summed E-state index contributed by atoms with van der Waals surface area (Å²) in [6.45, 7) is 1.95. The number of thiazole rings is 1. The van der Waals surface area contributed by atoms with Gasteiger partial charge in [-0.1, -0.05) is 24.9 Å². The molecule has 0 atom stereocenters. The van der Waals surface area contributed by atoms with Crippen molar-refractivity contribution in [2.45, 2.75) is 24.1 Å². The SMILES string of the molecule is CCCCS(=O)(=O)c1nc2ncc(Cl)cc2s1. The molecule has 2 heterocycles. The third-order valence-corrected chi connectivity index (χ3v) is 5.68. The summed E-state index contributed by atoms with van der Waals surface area (Å²) in [6.07, 6.45) is 2.95. The maximum absolute atomic E-state index is 11.9. The molecule has 0 aliphatic rings. The van der Waals surface area contributed by atoms with Gasteiger partial charge in [-0.3, -0.25) is 0 Å². The van der Waals surface area contributed by atoms with Crippen LogP contribution in [0.3, 0.4) is 0 Å². The first-order valence-corrected chi connectivity index (χ1v) is 8.02. The second-order valence-corrected chi connectivity index (χ2v) is 7.38. The van der Waals surface area contributed by atoms with Crippen LogP contribution in [0.5, 0.6) is 0 Å². The van der Waals surface area contributed by atoms with E-state index >= 15 is 0 Å². The maximum atomic E-state index is 11.9. The molecule has 0 spiro atoms. The first kappa shape index (κ1) is 12.7. The van der Waals surface area contributed by atoms with Gasteiger partial charge in [0.15, 0.2) is 5.65 Å². The molecule has 0 amide bonds. The van der Waals surface area contributed by atoms with Gasteiger partial charge in [-0.25, -0.2) is 18.4 Å². The smallest absolute Gasteiger partial charge is 0.211 e. The molecule has 0 aliphatic heterocycles. The van der Waals surface area contributed by atoms with Gasteiger partial charge in [0, 0.05) is 6.20 Å². The Morgan fingerprint density at radius 1 is 1.47 bits per heavy atom. The van der Waals surface area contributed by atoms with Gasteiger partial charge in [0.25, 0.3) is 0 Å². The van der Waals surface area contributed by atoms with E-state index in [1.165, 1.54) is 6.20 Å². The minimum atomic E-state index is -3.27. The molecule has 17 heavy (non-hydrogen) atoms. The highest BCUT2D eigenvalue weighted by Gasteiger charge is 2.19. The van der Waals surface area contributed by atoms with Crippen molar-refractivity contribution in [3.8, 4) is 0 Å². The Kier molecular flexibility index (Phi) is 3.65. The van der Waals surface area contributed by atoms with Crippen molar-refractivity contribution in [1.29, 1.82) is 0 Å². The van der Waals surface area contributed by atoms with Crippen molar-refractivity contribution < 1.29 is 8.42 Å². The lowest BCUT2D eigenvalue weighted by molar-refractivity contribution is 0.592. The first-order chi connectivity index (χ1) is 8.03. The lowest BCUT2D eigenvalue weighted by Gasteiger charge is -1.97. The second-order valence-electron chi connectivity index (χ2n) is 3.63. The van der Waals surface area contributed by atoms with Crippen LogP contribution in [0, 0.1) is 0 Å². The molecule has 0 aromatic carbocycles. The summed E-state index contributed by atoms with van der Waals surface area (Å²) in [5.41, 5.74) is 0.439. The molecule has 92 valence electrons. The van der Waals surface area contributed by atoms with E-state index in [0.717, 1.165) is 17.8 Å². The van der Waals surface area contributed by atoms with Crippen molar-refractivity contribution in [3.05, 3.63) is 17.3 Å². The molecule has 4 nitrogen and oxygen atoms in total. The first-order valence-electron chi connectivity index (χ1n) is 5.18. The van der Waals surface area contributed by atoms with Crippen molar-refractivity contribution in [3.63, 3.8) is 0 Å². The van der Waals surface area contributed by atoms with Crippen LogP contribution in [0.4, 0.5) is 0 Å². The molecule has 0 saturated carbocycles. The standard InChI is InChI=1S/C10H11ClN2O2S2/c1-2-3-4-17(14,15)10-13-9-8(16-10)5-7(11)6-12-9/h5-6H,2-4H2,1H3. The van der Waals surface area contributed by atoms with Gasteiger partial charge in [-0.2, -0.15) is 0 Å². The van der Waals surface area contributed by atoms with Gasteiger partial charge in [0.2, 0.25) is 14.2 Å². The van der Waals surface area contributed by atoms with Crippen LogP contribution in [0.15, 0.2) is 16.6 Å². The number of unbranched alkanes of at least 4 members (excludes halogenated alkanes) is 1. The Morgan fingerprint density at radius 2 is 2.24 bits per heavy atom. The van der Waals surface area contributed by atoms with Gasteiger partial charge in [-0.15, -0.1) is 11.3 Å². The molecule has 2 aromatic heterocycles. The minimum Gasteiger partial charge on any atom is -0.234 e. The number of halogens is 1. The number of hydrogen-bond acceptors (Lipinski definition) is 5. The van der Waals surface area contributed by atoms with Crippen LogP contribution < -0.4 is 0 Å². The predicted octanol–water partition coefficient (Wildman–Crippen LogP) is 2.92. The van der Waals surface area contributed by atoms with Gasteiger partial charge in [0.05, 0.1) is 15.5 Å². The number of fused-ring (bicyclic) bond motifs is 1. The molecule has 0 saturated heterocycles. The van der Waals surface area contributed by atoms with Gasteiger partial charge in [0.1, 0.15) is 0 Å². The van der Waals surface area contributed by atoms with Crippen molar-refractivity contribution in [2.75, 3.05) is 5.75 Å². The van der Waals surface area contributed by atoms with Gasteiger partial charge in [-0.05, 0) is 12.5 Å². The van der Waals surface area contributed by atoms with E-state index in [-0.39, 0.29) is 10.1 Å². The Morgan fingerprint density at radius 3 is 2.94 bits per heavy atom. The van der Waals surface area contributed by atoms with E-state index in [1.807, 2.05) is 6.92 Å². The maximum Gasteiger partial charge on any atom is 0.211 e. The van der Waals surface area contributed by atoms with Gasteiger partial charge < -0.3 is 0 Å². The third kappa shape index (κ3) is 2.75. The van der Waals surface area contributed by atoms with Crippen molar-refractivity contribution in [1.82, 2.24) is 9.97 Å². The van der Waals surface area contributed by atoms with E-state index in [4.69, 9.17) is 11.6 Å². The zero-order chi connectivity index (χ0) is 12.5. The Hall–Kier alpha value is -0.720. The number of aromatic nitrogens is 2. The summed E-state index contributed by atoms with van der Waals surface area (Å²) in [6, 6.07) is 1.68. The molecule has 0 unspecified atom stereocenters. The van der Waals surface area contributed by atoms with Crippen LogP contribution in [-0.2, 0) is 9.84 Å². The van der Waals surface area contributed by atoms with Crippen LogP contribution in [0.25, 0.3) is 10.3 Å². The van der Waals surface area contributed by atoms with E-state index in [9.17, 15) is 8.42 Å². The average Bonchev–Trinajstić information content (AvgIpc) is 2.70. The van der Waals surface area contributed by atoms with Crippen molar-refractivity contribution in [2.24, 2.45) is 0 Å². The predicted molar refractivity (Wildman–Crippen MR) is 69.4 cm³/mol. The zero-order valence-corrected chi connectivity index (χ0v) is 11.6. The van der Waals surface area contributed by atoms with Gasteiger partial charge >= 0.3 is 0 Å². The topological polar surface area (TPSA) is 59.9 Å². The summed E-state index contributed by atoms with van der Waals surface area (Å²) in [7, 11) is -3.27. The number of nitrogens with zero attached hydrogens (tertiary/aromatic N) is 2. The molecule has 0 fully saturated rings. The van der Waals surface area contributed by atoms with E-state index in [2.05, 4.69) is 9.97 Å². The quantitative estimate of drug-likeness (QED) is 0.868. The number of pyridine rings is 1. The summed E-state index contributed by atoms with van der Waals surface area (Å²) < 4.78 is 24.7. The van der Waals surface area contributed by atoms with Crippen molar-refractivity contribution >= 4 is 43.1 Å².